The molecular weight excluding hydrogens is 856 g/mol. The molecule has 1 fully saturated rings. The van der Waals surface area contributed by atoms with Gasteiger partial charge in [0, 0.05) is 53.0 Å². The van der Waals surface area contributed by atoms with Gasteiger partial charge in [0.25, 0.3) is 10.0 Å². The third-order valence-electron chi connectivity index (χ3n) is 12.7. The van der Waals surface area contributed by atoms with E-state index >= 15 is 0 Å². The zero-order valence-corrected chi connectivity index (χ0v) is 40.3. The summed E-state index contributed by atoms with van der Waals surface area (Å²) in [6.45, 7) is 16.2. The molecule has 3 heterocycles. The lowest BCUT2D eigenvalue weighted by Gasteiger charge is -2.41. The minimum atomic E-state index is -4.22. The number of piperidine rings is 1. The Morgan fingerprint density at radius 1 is 0.935 bits per heavy atom. The summed E-state index contributed by atoms with van der Waals surface area (Å²) in [5.74, 6) is 0.960. The van der Waals surface area contributed by atoms with Crippen molar-refractivity contribution in [2.45, 2.75) is 131 Å². The number of thioether (sulfide) groups is 1. The maximum atomic E-state index is 14.1. The van der Waals surface area contributed by atoms with E-state index in [0.29, 0.717) is 30.4 Å². The van der Waals surface area contributed by atoms with Crippen LogP contribution in [0, 0.1) is 5.41 Å². The summed E-state index contributed by atoms with van der Waals surface area (Å²) in [4.78, 5) is 15.1. The summed E-state index contributed by atoms with van der Waals surface area (Å²) < 4.78 is 58.0. The number of rotatable bonds is 15. The molecule has 0 saturated carbocycles. The van der Waals surface area contributed by atoms with Crippen LogP contribution in [-0.2, 0) is 32.8 Å². The topological polar surface area (TPSA) is 125 Å². The molecule has 0 unspecified atom stereocenters. The van der Waals surface area contributed by atoms with E-state index in [9.17, 15) is 16.8 Å². The van der Waals surface area contributed by atoms with Crippen molar-refractivity contribution in [2.24, 2.45) is 5.41 Å². The normalized spacial score (nSPS) is 18.6. The van der Waals surface area contributed by atoms with Crippen LogP contribution in [0.3, 0.4) is 0 Å². The van der Waals surface area contributed by atoms with Crippen molar-refractivity contribution < 1.29 is 16.8 Å². The smallest absolute Gasteiger partial charge is 0.263 e. The van der Waals surface area contributed by atoms with Crippen LogP contribution >= 0.6 is 23.4 Å². The lowest BCUT2D eigenvalue weighted by Crippen LogP contribution is -2.47. The van der Waals surface area contributed by atoms with Gasteiger partial charge in [-0.1, -0.05) is 74.7 Å². The first kappa shape index (κ1) is 46.5. The van der Waals surface area contributed by atoms with Gasteiger partial charge >= 0.3 is 0 Å². The lowest BCUT2D eigenvalue weighted by molar-refractivity contribution is 0.100. The Morgan fingerprint density at radius 3 is 2.35 bits per heavy atom. The number of halogens is 1. The molecule has 62 heavy (non-hydrogen) atoms. The minimum absolute atomic E-state index is 0.0356. The summed E-state index contributed by atoms with van der Waals surface area (Å²) in [6.07, 6.45) is 9.25. The lowest BCUT2D eigenvalue weighted by atomic mass is 9.72. The molecule has 10 nitrogen and oxygen atoms in total. The number of nitrogens with one attached hydrogen (secondary N) is 2. The number of allylic oxidation sites excluding steroid dienone is 1. The van der Waals surface area contributed by atoms with Crippen molar-refractivity contribution in [3.8, 4) is 0 Å². The highest BCUT2D eigenvalue weighted by Gasteiger charge is 2.36. The van der Waals surface area contributed by atoms with Gasteiger partial charge < -0.3 is 5.32 Å². The summed E-state index contributed by atoms with van der Waals surface area (Å²) in [6, 6.07) is 23.2. The SMILES string of the molecule is CCC[C@H](CSc1ccccc1)Nc1ccc(S(=O)(=O)Nc2ncnc3c2CCN(C2CCN(CC4=C(c5ccc(Cl)cc5)CC(C)(C)CC4)CC2)C3)cc1S(=O)(=O)C(C)(C)C. The van der Waals surface area contributed by atoms with Crippen LogP contribution in [0.25, 0.3) is 5.57 Å². The van der Waals surface area contributed by atoms with E-state index in [-0.39, 0.29) is 27.1 Å². The predicted octanol–water partition coefficient (Wildman–Crippen LogP) is 10.4. The molecule has 0 radical (unpaired) electrons. The molecule has 4 aromatic rings. The van der Waals surface area contributed by atoms with Crippen LogP contribution < -0.4 is 10.0 Å². The number of hydrogen-bond acceptors (Lipinski definition) is 10. The third kappa shape index (κ3) is 11.1. The van der Waals surface area contributed by atoms with Gasteiger partial charge in [-0.25, -0.2) is 26.8 Å². The number of nitrogens with zero attached hydrogens (tertiary/aromatic N) is 4. The van der Waals surface area contributed by atoms with Crippen molar-refractivity contribution in [2.75, 3.05) is 42.0 Å². The Balaban J connectivity index is 1.03. The summed E-state index contributed by atoms with van der Waals surface area (Å²) in [5.41, 5.74) is 6.60. The van der Waals surface area contributed by atoms with Crippen molar-refractivity contribution in [3.05, 3.63) is 107 Å². The summed E-state index contributed by atoms with van der Waals surface area (Å²) in [5, 5.41) is 4.25. The molecule has 1 atom stereocenters. The molecule has 1 saturated heterocycles. The van der Waals surface area contributed by atoms with E-state index in [1.807, 2.05) is 30.3 Å². The number of sulfone groups is 1. The van der Waals surface area contributed by atoms with Crippen LogP contribution in [0.1, 0.15) is 103 Å². The molecule has 7 rings (SSSR count). The Kier molecular flexibility index (Phi) is 14.5. The monoisotopic (exact) mass is 918 g/mol. The second-order valence-corrected chi connectivity index (χ2v) is 24.8. The third-order valence-corrected chi connectivity index (χ3v) is 18.0. The summed E-state index contributed by atoms with van der Waals surface area (Å²) >= 11 is 7.95. The first-order chi connectivity index (χ1) is 29.4. The van der Waals surface area contributed by atoms with Crippen LogP contribution in [0.4, 0.5) is 11.5 Å². The minimum Gasteiger partial charge on any atom is -0.380 e. The van der Waals surface area contributed by atoms with Crippen molar-refractivity contribution >= 4 is 60.3 Å². The quantitative estimate of drug-likeness (QED) is 0.111. The van der Waals surface area contributed by atoms with Gasteiger partial charge in [-0.2, -0.15) is 0 Å². The van der Waals surface area contributed by atoms with Gasteiger partial charge in [0.2, 0.25) is 0 Å². The van der Waals surface area contributed by atoms with E-state index < -0.39 is 24.6 Å². The first-order valence-electron chi connectivity index (χ1n) is 22.0. The van der Waals surface area contributed by atoms with Crippen LogP contribution in [0.2, 0.25) is 5.02 Å². The van der Waals surface area contributed by atoms with Gasteiger partial charge in [0.1, 0.15) is 12.1 Å². The van der Waals surface area contributed by atoms with E-state index in [4.69, 9.17) is 11.6 Å². The highest BCUT2D eigenvalue weighted by molar-refractivity contribution is 7.99. The van der Waals surface area contributed by atoms with Gasteiger partial charge in [0.05, 0.1) is 25.9 Å². The predicted molar refractivity (Wildman–Crippen MR) is 255 cm³/mol. The zero-order chi connectivity index (χ0) is 44.3. The molecular formula is C48H63ClN6O4S3. The highest BCUT2D eigenvalue weighted by atomic mass is 35.5. The molecule has 0 amide bonds. The molecule has 3 aromatic carbocycles. The molecule has 14 heteroatoms. The van der Waals surface area contributed by atoms with Gasteiger partial charge in [-0.15, -0.1) is 11.8 Å². The molecule has 1 aliphatic carbocycles. The second-order valence-electron chi connectivity index (χ2n) is 18.9. The summed E-state index contributed by atoms with van der Waals surface area (Å²) in [7, 11) is -8.18. The van der Waals surface area contributed by atoms with Crippen LogP contribution in [0.5, 0.6) is 0 Å². The van der Waals surface area contributed by atoms with E-state index in [1.165, 1.54) is 36.0 Å². The fraction of sp³-hybridized carbons (Fsp3) is 0.500. The second kappa shape index (κ2) is 19.3. The Labute approximate surface area is 379 Å². The molecule has 1 aromatic heterocycles. The van der Waals surface area contributed by atoms with Crippen LogP contribution in [0.15, 0.2) is 99.4 Å². The Bertz CT molecular complexity index is 2450. The maximum absolute atomic E-state index is 14.1. The number of hydrogen-bond donors (Lipinski definition) is 2. The fourth-order valence-corrected chi connectivity index (χ4v) is 12.6. The zero-order valence-electron chi connectivity index (χ0n) is 37.1. The number of benzene rings is 3. The Morgan fingerprint density at radius 2 is 1.66 bits per heavy atom. The molecule has 2 aliphatic heterocycles. The highest BCUT2D eigenvalue weighted by Crippen LogP contribution is 2.44. The first-order valence-corrected chi connectivity index (χ1v) is 26.4. The standard InChI is InChI=1S/C48H63ClN6O4S3/c1-7-11-37(32-60-39-12-9-8-10-13-39)52-43-19-18-40(28-45(43)61(56,57)47(2,3)4)62(58,59)53-46-41-23-27-55(31-44(41)50-33-51-46)38-21-25-54(26-22-38)30-35-20-24-48(5,6)29-42(35)34-14-16-36(49)17-15-34/h8-10,12-19,28,33,37-38,52H,7,11,20-27,29-32H2,1-6H3,(H,50,51,53)/t37-/m1/s1. The van der Waals surface area contributed by atoms with Crippen molar-refractivity contribution in [1.29, 1.82) is 0 Å². The number of anilines is 2. The molecule has 0 bridgehead atoms. The Hall–Kier alpha value is -3.46. The number of sulfonamides is 1. The fourth-order valence-electron chi connectivity index (χ4n) is 8.96. The average molecular weight is 920 g/mol. The van der Waals surface area contributed by atoms with E-state index in [2.05, 4.69) is 74.8 Å². The van der Waals surface area contributed by atoms with Crippen molar-refractivity contribution in [3.63, 3.8) is 0 Å². The molecule has 334 valence electrons. The largest absolute Gasteiger partial charge is 0.380 e. The van der Waals surface area contributed by atoms with Crippen molar-refractivity contribution in [1.82, 2.24) is 19.8 Å². The van der Waals surface area contributed by atoms with E-state index in [0.717, 1.165) is 85.9 Å². The molecule has 2 N–H and O–H groups in total. The number of fused-ring (bicyclic) bond motifs is 1. The molecule has 0 spiro atoms. The maximum Gasteiger partial charge on any atom is 0.263 e. The average Bonchev–Trinajstić information content (AvgIpc) is 3.24. The number of likely N-dealkylation sites (tertiary alicyclic amines) is 1. The van der Waals surface area contributed by atoms with Crippen LogP contribution in [-0.4, -0.2) is 85.4 Å². The van der Waals surface area contributed by atoms with Gasteiger partial charge in [-0.05, 0) is 138 Å². The number of aromatic nitrogens is 2. The molecule has 3 aliphatic rings. The van der Waals surface area contributed by atoms with Gasteiger partial charge in [-0.3, -0.25) is 14.5 Å². The van der Waals surface area contributed by atoms with Gasteiger partial charge in [0.15, 0.2) is 9.84 Å². The van der Waals surface area contributed by atoms with E-state index in [1.54, 1.807) is 44.2 Å².